The molecule has 0 N–H and O–H groups in total. The molecule has 1 aromatic carbocycles. The van der Waals surface area contributed by atoms with Crippen LogP contribution in [0.2, 0.25) is 0 Å². The Morgan fingerprint density at radius 2 is 1.59 bits per heavy atom. The van der Waals surface area contributed by atoms with Crippen molar-refractivity contribution in [2.75, 3.05) is 32.7 Å². The number of para-hydroxylation sites is 1. The highest BCUT2D eigenvalue weighted by atomic mass is 16.5. The van der Waals surface area contributed by atoms with E-state index in [9.17, 15) is 14.4 Å². The van der Waals surface area contributed by atoms with Crippen LogP contribution in [0.5, 0.6) is 5.75 Å². The molecule has 2 heterocycles. The van der Waals surface area contributed by atoms with Crippen LogP contribution in [0.25, 0.3) is 0 Å². The van der Waals surface area contributed by atoms with Gasteiger partial charge in [0.1, 0.15) is 5.75 Å². The number of carbonyl (C=O) groups is 3. The van der Waals surface area contributed by atoms with Gasteiger partial charge in [0.25, 0.3) is 5.91 Å². The van der Waals surface area contributed by atoms with Crippen molar-refractivity contribution in [2.45, 2.75) is 65.5 Å². The molecule has 2 unspecified atom stereocenters. The molecule has 7 nitrogen and oxygen atoms in total. The molecule has 2 atom stereocenters. The first kappa shape index (κ1) is 24.1. The molecule has 0 radical (unpaired) electrons. The largest absolute Gasteiger partial charge is 0.481 e. The van der Waals surface area contributed by atoms with Crippen molar-refractivity contribution in [3.63, 3.8) is 0 Å². The van der Waals surface area contributed by atoms with Crippen LogP contribution in [0.15, 0.2) is 24.3 Å². The first-order valence-electron chi connectivity index (χ1n) is 11.6. The summed E-state index contributed by atoms with van der Waals surface area (Å²) in [6.07, 6.45) is -0.319. The van der Waals surface area contributed by atoms with Gasteiger partial charge in [-0.05, 0) is 45.2 Å². The van der Waals surface area contributed by atoms with Crippen LogP contribution in [-0.4, -0.2) is 76.8 Å². The van der Waals surface area contributed by atoms with Gasteiger partial charge in [0.05, 0.1) is 5.92 Å². The fourth-order valence-corrected chi connectivity index (χ4v) is 4.49. The van der Waals surface area contributed by atoms with E-state index in [0.717, 1.165) is 11.3 Å². The highest BCUT2D eigenvalue weighted by Gasteiger charge is 2.41. The van der Waals surface area contributed by atoms with E-state index in [0.29, 0.717) is 38.6 Å². The minimum absolute atomic E-state index is 0.0207. The van der Waals surface area contributed by atoms with Crippen molar-refractivity contribution in [3.05, 3.63) is 29.8 Å². The maximum Gasteiger partial charge on any atom is 0.263 e. The lowest BCUT2D eigenvalue weighted by molar-refractivity contribution is -0.145. The number of carbonyl (C=O) groups excluding carboxylic acids is 3. The zero-order chi connectivity index (χ0) is 23.6. The third kappa shape index (κ3) is 5.25. The molecule has 176 valence electrons. The van der Waals surface area contributed by atoms with Gasteiger partial charge in [-0.15, -0.1) is 0 Å². The van der Waals surface area contributed by atoms with E-state index in [1.54, 1.807) is 21.6 Å². The fraction of sp³-hybridized carbons (Fsp3) is 0.640. The first-order valence-corrected chi connectivity index (χ1v) is 11.6. The van der Waals surface area contributed by atoms with Crippen LogP contribution in [-0.2, 0) is 14.4 Å². The molecule has 0 aliphatic carbocycles. The van der Waals surface area contributed by atoms with Crippen LogP contribution in [0.4, 0.5) is 0 Å². The van der Waals surface area contributed by atoms with Gasteiger partial charge in [0, 0.05) is 44.7 Å². The smallest absolute Gasteiger partial charge is 0.263 e. The first-order chi connectivity index (χ1) is 15.0. The summed E-state index contributed by atoms with van der Waals surface area (Å²) in [6, 6.07) is 7.82. The minimum Gasteiger partial charge on any atom is -0.481 e. The standard InChI is InChI=1S/C25H37N3O4/c1-17(2)20-9-7-8-10-21(20)32-18(3)23(30)26-11-13-27(14-12-26)24(31)19-15-22(29)28(16-19)25(4,5)6/h7-10,17-19H,11-16H2,1-6H3. The molecule has 32 heavy (non-hydrogen) atoms. The quantitative estimate of drug-likeness (QED) is 0.702. The predicted octanol–water partition coefficient (Wildman–Crippen LogP) is 2.90. The Morgan fingerprint density at radius 3 is 2.16 bits per heavy atom. The Morgan fingerprint density at radius 1 is 1.00 bits per heavy atom. The molecule has 7 heteroatoms. The van der Waals surface area contributed by atoms with Gasteiger partial charge in [-0.2, -0.15) is 0 Å². The van der Waals surface area contributed by atoms with Crippen LogP contribution in [0.3, 0.4) is 0 Å². The fourth-order valence-electron chi connectivity index (χ4n) is 4.49. The van der Waals surface area contributed by atoms with E-state index >= 15 is 0 Å². The summed E-state index contributed by atoms with van der Waals surface area (Å²) in [5, 5.41) is 0. The van der Waals surface area contributed by atoms with Crippen molar-refractivity contribution in [1.82, 2.24) is 14.7 Å². The third-order valence-corrected chi connectivity index (χ3v) is 6.38. The average Bonchev–Trinajstić information content (AvgIpc) is 3.15. The van der Waals surface area contributed by atoms with Crippen molar-refractivity contribution in [2.24, 2.45) is 5.92 Å². The lowest BCUT2D eigenvalue weighted by atomic mass is 10.0. The molecule has 0 spiro atoms. The molecule has 0 aromatic heterocycles. The van der Waals surface area contributed by atoms with Crippen molar-refractivity contribution < 1.29 is 19.1 Å². The zero-order valence-electron chi connectivity index (χ0n) is 20.3. The van der Waals surface area contributed by atoms with E-state index in [1.165, 1.54) is 0 Å². The number of benzene rings is 1. The molecule has 2 saturated heterocycles. The summed E-state index contributed by atoms with van der Waals surface area (Å²) < 4.78 is 6.02. The number of hydrogen-bond acceptors (Lipinski definition) is 4. The molecule has 2 fully saturated rings. The van der Waals surface area contributed by atoms with Crippen LogP contribution >= 0.6 is 0 Å². The van der Waals surface area contributed by atoms with Gasteiger partial charge in [-0.1, -0.05) is 32.0 Å². The molecule has 2 aliphatic heterocycles. The average molecular weight is 444 g/mol. The van der Waals surface area contributed by atoms with Gasteiger partial charge in [-0.25, -0.2) is 0 Å². The summed E-state index contributed by atoms with van der Waals surface area (Å²) in [6.45, 7) is 14.4. The molecular weight excluding hydrogens is 406 g/mol. The molecule has 3 rings (SSSR count). The van der Waals surface area contributed by atoms with E-state index in [4.69, 9.17) is 4.74 Å². The normalized spacial score (nSPS) is 20.7. The number of amides is 3. The summed E-state index contributed by atoms with van der Waals surface area (Å²) in [5.74, 6) is 0.750. The highest BCUT2D eigenvalue weighted by Crippen LogP contribution is 2.28. The van der Waals surface area contributed by atoms with Gasteiger partial charge in [0.2, 0.25) is 11.8 Å². The molecule has 0 saturated carbocycles. The van der Waals surface area contributed by atoms with Crippen LogP contribution < -0.4 is 4.74 Å². The molecule has 3 amide bonds. The minimum atomic E-state index is -0.593. The Kier molecular flexibility index (Phi) is 7.16. The summed E-state index contributed by atoms with van der Waals surface area (Å²) in [7, 11) is 0. The lowest BCUT2D eigenvalue weighted by Gasteiger charge is -2.37. The molecule has 2 aliphatic rings. The van der Waals surface area contributed by atoms with Crippen molar-refractivity contribution >= 4 is 17.7 Å². The van der Waals surface area contributed by atoms with Gasteiger partial charge >= 0.3 is 0 Å². The Labute approximate surface area is 191 Å². The van der Waals surface area contributed by atoms with Crippen molar-refractivity contribution in [3.8, 4) is 5.75 Å². The number of rotatable bonds is 5. The number of likely N-dealkylation sites (tertiary alicyclic amines) is 1. The van der Waals surface area contributed by atoms with Gasteiger partial charge in [0.15, 0.2) is 6.10 Å². The van der Waals surface area contributed by atoms with Crippen LogP contribution in [0, 0.1) is 5.92 Å². The van der Waals surface area contributed by atoms with Crippen LogP contribution in [0.1, 0.15) is 59.4 Å². The number of hydrogen-bond donors (Lipinski definition) is 0. The van der Waals surface area contributed by atoms with Gasteiger partial charge in [-0.3, -0.25) is 14.4 Å². The Bertz CT molecular complexity index is 853. The predicted molar refractivity (Wildman–Crippen MR) is 123 cm³/mol. The second-order valence-electron chi connectivity index (χ2n) is 10.2. The maximum atomic E-state index is 13.0. The zero-order valence-corrected chi connectivity index (χ0v) is 20.3. The van der Waals surface area contributed by atoms with Crippen molar-refractivity contribution in [1.29, 1.82) is 0 Å². The Balaban J connectivity index is 1.54. The molecule has 1 aromatic rings. The topological polar surface area (TPSA) is 70.2 Å². The summed E-state index contributed by atoms with van der Waals surface area (Å²) in [4.78, 5) is 43.7. The summed E-state index contributed by atoms with van der Waals surface area (Å²) in [5.41, 5.74) is 0.805. The lowest BCUT2D eigenvalue weighted by Crippen LogP contribution is -2.54. The highest BCUT2D eigenvalue weighted by molar-refractivity contribution is 5.90. The van der Waals surface area contributed by atoms with E-state index in [-0.39, 0.29) is 35.6 Å². The van der Waals surface area contributed by atoms with E-state index in [1.807, 2.05) is 45.0 Å². The SMILES string of the molecule is CC(Oc1ccccc1C(C)C)C(=O)N1CCN(C(=O)C2CC(=O)N(C(C)(C)C)C2)CC1. The van der Waals surface area contributed by atoms with E-state index in [2.05, 4.69) is 13.8 Å². The number of piperazine rings is 1. The Hall–Kier alpha value is -2.57. The van der Waals surface area contributed by atoms with E-state index < -0.39 is 6.10 Å². The summed E-state index contributed by atoms with van der Waals surface area (Å²) >= 11 is 0. The second kappa shape index (κ2) is 9.51. The molecule has 0 bridgehead atoms. The number of nitrogens with zero attached hydrogens (tertiary/aromatic N) is 3. The number of ether oxygens (including phenoxy) is 1. The van der Waals surface area contributed by atoms with Gasteiger partial charge < -0.3 is 19.4 Å². The monoisotopic (exact) mass is 443 g/mol. The second-order valence-corrected chi connectivity index (χ2v) is 10.2. The maximum absolute atomic E-state index is 13.0. The third-order valence-electron chi connectivity index (χ3n) is 6.38. The molecular formula is C25H37N3O4.